The molecule has 1 aromatic rings. The van der Waals surface area contributed by atoms with Gasteiger partial charge in [0.15, 0.2) is 0 Å². The molecule has 0 unspecified atom stereocenters. The van der Waals surface area contributed by atoms with Crippen LogP contribution in [-0.4, -0.2) is 23.7 Å². The minimum Gasteiger partial charge on any atom is -0.494 e. The van der Waals surface area contributed by atoms with Crippen LogP contribution < -0.4 is 10.1 Å². The first-order chi connectivity index (χ1) is 9.52. The molecular weight excluding hydrogens is 254 g/mol. The van der Waals surface area contributed by atoms with Crippen LogP contribution in [0.4, 0.5) is 0 Å². The molecule has 0 aliphatic rings. The predicted molar refractivity (Wildman–Crippen MR) is 79.9 cm³/mol. The number of carboxylic acids is 1. The fourth-order valence-electron chi connectivity index (χ4n) is 1.95. The quantitative estimate of drug-likeness (QED) is 0.729. The zero-order chi connectivity index (χ0) is 15.0. The minimum atomic E-state index is -0.794. The van der Waals surface area contributed by atoms with Gasteiger partial charge in [0.1, 0.15) is 11.8 Å². The maximum atomic E-state index is 11.2. The number of hydrogen-bond acceptors (Lipinski definition) is 3. The van der Waals surface area contributed by atoms with Gasteiger partial charge in [0.05, 0.1) is 6.61 Å². The van der Waals surface area contributed by atoms with Crippen LogP contribution in [0.3, 0.4) is 0 Å². The summed E-state index contributed by atoms with van der Waals surface area (Å²) in [5.41, 5.74) is 1.04. The van der Waals surface area contributed by atoms with Gasteiger partial charge in [0.2, 0.25) is 0 Å². The Labute approximate surface area is 121 Å². The van der Waals surface area contributed by atoms with Crippen molar-refractivity contribution < 1.29 is 14.6 Å². The summed E-state index contributed by atoms with van der Waals surface area (Å²) >= 11 is 0. The summed E-state index contributed by atoms with van der Waals surface area (Å²) in [5.74, 6) is 0.391. The molecule has 0 aliphatic carbocycles. The Hall–Kier alpha value is -1.55. The van der Waals surface area contributed by atoms with E-state index < -0.39 is 12.0 Å². The average molecular weight is 279 g/mol. The van der Waals surface area contributed by atoms with Crippen LogP contribution in [0.15, 0.2) is 24.3 Å². The number of benzene rings is 1. The summed E-state index contributed by atoms with van der Waals surface area (Å²) in [4.78, 5) is 11.2. The summed E-state index contributed by atoms with van der Waals surface area (Å²) < 4.78 is 5.57. The van der Waals surface area contributed by atoms with Gasteiger partial charge >= 0.3 is 5.97 Å². The van der Waals surface area contributed by atoms with Crippen LogP contribution in [0.5, 0.6) is 5.75 Å². The summed E-state index contributed by atoms with van der Waals surface area (Å²) in [6.45, 7) is 7.34. The molecule has 0 saturated carbocycles. The van der Waals surface area contributed by atoms with Gasteiger partial charge < -0.3 is 15.2 Å². The molecule has 2 N–H and O–H groups in total. The Morgan fingerprint density at radius 2 is 2.15 bits per heavy atom. The van der Waals surface area contributed by atoms with E-state index in [2.05, 4.69) is 12.2 Å². The molecule has 0 fully saturated rings. The SMILES string of the molecule is CCCOc1cccc(CN[C@H](CC(C)C)C(=O)O)c1. The van der Waals surface area contributed by atoms with Crippen LogP contribution in [0.1, 0.15) is 39.2 Å². The van der Waals surface area contributed by atoms with Crippen LogP contribution in [0.2, 0.25) is 0 Å². The highest BCUT2D eigenvalue weighted by Gasteiger charge is 2.17. The Bertz CT molecular complexity index is 418. The molecule has 0 bridgehead atoms. The Morgan fingerprint density at radius 3 is 2.75 bits per heavy atom. The third-order valence-corrected chi connectivity index (χ3v) is 2.93. The van der Waals surface area contributed by atoms with Gasteiger partial charge in [0, 0.05) is 6.54 Å². The Kier molecular flexibility index (Phi) is 7.09. The molecule has 1 rings (SSSR count). The molecule has 0 radical (unpaired) electrons. The van der Waals surface area contributed by atoms with Crippen molar-refractivity contribution in [3.63, 3.8) is 0 Å². The molecule has 0 spiro atoms. The second-order valence-electron chi connectivity index (χ2n) is 5.40. The number of hydrogen-bond donors (Lipinski definition) is 2. The van der Waals surface area contributed by atoms with Crippen LogP contribution in [0.25, 0.3) is 0 Å². The maximum Gasteiger partial charge on any atom is 0.320 e. The van der Waals surface area contributed by atoms with E-state index >= 15 is 0 Å². The highest BCUT2D eigenvalue weighted by molar-refractivity contribution is 5.73. The summed E-state index contributed by atoms with van der Waals surface area (Å²) in [7, 11) is 0. The number of carbonyl (C=O) groups is 1. The number of ether oxygens (including phenoxy) is 1. The van der Waals surface area contributed by atoms with Gasteiger partial charge in [-0.2, -0.15) is 0 Å². The normalized spacial score (nSPS) is 12.4. The molecule has 0 heterocycles. The Morgan fingerprint density at radius 1 is 1.40 bits per heavy atom. The van der Waals surface area contributed by atoms with E-state index in [1.807, 2.05) is 38.1 Å². The first-order valence-corrected chi connectivity index (χ1v) is 7.20. The number of rotatable bonds is 9. The molecule has 20 heavy (non-hydrogen) atoms. The average Bonchev–Trinajstić information content (AvgIpc) is 2.41. The molecule has 4 heteroatoms. The lowest BCUT2D eigenvalue weighted by Gasteiger charge is -2.16. The van der Waals surface area contributed by atoms with Crippen LogP contribution in [0, 0.1) is 5.92 Å². The molecule has 0 saturated heterocycles. The number of aliphatic carboxylic acids is 1. The molecule has 0 amide bonds. The second-order valence-corrected chi connectivity index (χ2v) is 5.40. The molecule has 1 atom stereocenters. The topological polar surface area (TPSA) is 58.6 Å². The third-order valence-electron chi connectivity index (χ3n) is 2.93. The van der Waals surface area contributed by atoms with Gasteiger partial charge in [0.25, 0.3) is 0 Å². The van der Waals surface area contributed by atoms with Gasteiger partial charge in [-0.05, 0) is 36.5 Å². The summed E-state index contributed by atoms with van der Waals surface area (Å²) in [5, 5.41) is 12.3. The fourth-order valence-corrected chi connectivity index (χ4v) is 1.95. The maximum absolute atomic E-state index is 11.2. The van der Waals surface area contributed by atoms with E-state index in [-0.39, 0.29) is 0 Å². The minimum absolute atomic E-state index is 0.350. The lowest BCUT2D eigenvalue weighted by Crippen LogP contribution is -2.37. The lowest BCUT2D eigenvalue weighted by molar-refractivity contribution is -0.140. The smallest absolute Gasteiger partial charge is 0.320 e. The lowest BCUT2D eigenvalue weighted by atomic mass is 10.0. The van der Waals surface area contributed by atoms with Crippen LogP contribution >= 0.6 is 0 Å². The third kappa shape index (κ3) is 6.06. The van der Waals surface area contributed by atoms with Gasteiger partial charge in [-0.15, -0.1) is 0 Å². The van der Waals surface area contributed by atoms with Crippen molar-refractivity contribution in [2.75, 3.05) is 6.61 Å². The molecule has 0 aromatic heterocycles. The van der Waals surface area contributed by atoms with E-state index in [1.54, 1.807) is 0 Å². The molecule has 1 aromatic carbocycles. The van der Waals surface area contributed by atoms with Crippen molar-refractivity contribution in [1.29, 1.82) is 0 Å². The van der Waals surface area contributed by atoms with Crippen molar-refractivity contribution in [2.24, 2.45) is 5.92 Å². The molecular formula is C16H25NO3. The first-order valence-electron chi connectivity index (χ1n) is 7.20. The van der Waals surface area contributed by atoms with Crippen molar-refractivity contribution in [3.8, 4) is 5.75 Å². The van der Waals surface area contributed by atoms with Crippen LogP contribution in [-0.2, 0) is 11.3 Å². The molecule has 0 aliphatic heterocycles. The number of nitrogens with one attached hydrogen (secondary N) is 1. The zero-order valence-electron chi connectivity index (χ0n) is 12.6. The monoisotopic (exact) mass is 279 g/mol. The van der Waals surface area contributed by atoms with E-state index in [1.165, 1.54) is 0 Å². The van der Waals surface area contributed by atoms with Gasteiger partial charge in [-0.25, -0.2) is 0 Å². The fraction of sp³-hybridized carbons (Fsp3) is 0.562. The van der Waals surface area contributed by atoms with Gasteiger partial charge in [-0.3, -0.25) is 4.79 Å². The predicted octanol–water partition coefficient (Wildman–Crippen LogP) is 3.06. The van der Waals surface area contributed by atoms with Gasteiger partial charge in [-0.1, -0.05) is 32.9 Å². The van der Waals surface area contributed by atoms with E-state index in [4.69, 9.17) is 4.74 Å². The first kappa shape index (κ1) is 16.5. The van der Waals surface area contributed by atoms with Crippen molar-refractivity contribution >= 4 is 5.97 Å². The van der Waals surface area contributed by atoms with E-state index in [9.17, 15) is 9.90 Å². The van der Waals surface area contributed by atoms with Crippen molar-refractivity contribution in [1.82, 2.24) is 5.32 Å². The van der Waals surface area contributed by atoms with Crippen molar-refractivity contribution in [3.05, 3.63) is 29.8 Å². The highest BCUT2D eigenvalue weighted by Crippen LogP contribution is 2.14. The standard InChI is InChI=1S/C16H25NO3/c1-4-8-20-14-7-5-6-13(10-14)11-17-15(16(18)19)9-12(2)3/h5-7,10,12,15,17H,4,8-9,11H2,1-3H3,(H,18,19)/t15-/m1/s1. The zero-order valence-corrected chi connectivity index (χ0v) is 12.6. The summed E-state index contributed by atoms with van der Waals surface area (Å²) in [6.07, 6.45) is 1.60. The molecule has 4 nitrogen and oxygen atoms in total. The summed E-state index contributed by atoms with van der Waals surface area (Å²) in [6, 6.07) is 7.27. The van der Waals surface area contributed by atoms with Crippen molar-refractivity contribution in [2.45, 2.75) is 46.2 Å². The number of carboxylic acid groups (broad SMARTS) is 1. The highest BCUT2D eigenvalue weighted by atomic mass is 16.5. The van der Waals surface area contributed by atoms with E-state index in [0.29, 0.717) is 25.5 Å². The molecule has 112 valence electrons. The Balaban J connectivity index is 2.56. The second kappa shape index (κ2) is 8.59. The van der Waals surface area contributed by atoms with E-state index in [0.717, 1.165) is 17.7 Å². The largest absolute Gasteiger partial charge is 0.494 e.